The highest BCUT2D eigenvalue weighted by Gasteiger charge is 2.23. The number of aromatic nitrogens is 1. The third kappa shape index (κ3) is 5.15. The average Bonchev–Trinajstić information content (AvgIpc) is 3.21. The number of rotatable bonds is 5. The van der Waals surface area contributed by atoms with Crippen LogP contribution >= 0.6 is 23.2 Å². The number of carbonyl (C=O) groups is 3. The molecule has 0 radical (unpaired) electrons. The molecule has 4 aromatic rings. The van der Waals surface area contributed by atoms with Gasteiger partial charge in [0, 0.05) is 16.1 Å². The molecular formula is C26H22Cl2N4O4. The molecule has 0 unspecified atom stereocenters. The van der Waals surface area contributed by atoms with Gasteiger partial charge in [0.1, 0.15) is 17.0 Å². The van der Waals surface area contributed by atoms with Crippen LogP contribution in [0.3, 0.4) is 0 Å². The lowest BCUT2D eigenvalue weighted by Gasteiger charge is -2.15. The van der Waals surface area contributed by atoms with Gasteiger partial charge in [0.05, 0.1) is 17.8 Å². The first kappa shape index (κ1) is 25.1. The van der Waals surface area contributed by atoms with Gasteiger partial charge in [-0.2, -0.15) is 0 Å². The summed E-state index contributed by atoms with van der Waals surface area (Å²) in [5.74, 6) is -2.05. The summed E-state index contributed by atoms with van der Waals surface area (Å²) in [6, 6.07) is 16.9. The highest BCUT2D eigenvalue weighted by Crippen LogP contribution is 2.30. The molecule has 0 atom stereocenters. The van der Waals surface area contributed by atoms with Gasteiger partial charge >= 0.3 is 11.8 Å². The Kier molecular flexibility index (Phi) is 7.19. The Bertz CT molecular complexity index is 1510. The van der Waals surface area contributed by atoms with Gasteiger partial charge in [0.25, 0.3) is 5.91 Å². The highest BCUT2D eigenvalue weighted by atomic mass is 35.5. The fraction of sp³-hybridized carbons (Fsp3) is 0.115. The number of aryl methyl sites for hydroxylation is 2. The quantitative estimate of drug-likeness (QED) is 0.298. The Morgan fingerprint density at radius 1 is 0.861 bits per heavy atom. The van der Waals surface area contributed by atoms with Crippen molar-refractivity contribution in [1.82, 2.24) is 4.68 Å². The zero-order valence-electron chi connectivity index (χ0n) is 19.6. The molecule has 1 heterocycles. The van der Waals surface area contributed by atoms with Gasteiger partial charge in [-0.1, -0.05) is 47.5 Å². The molecule has 36 heavy (non-hydrogen) atoms. The lowest BCUT2D eigenvalue weighted by Crippen LogP contribution is -2.36. The minimum absolute atomic E-state index is 0.0494. The topological polar surface area (TPSA) is 101 Å². The SMILES string of the molecule is COc1cccc2cc(C(=O)Nc3ccc(Cl)cc3Cl)n(NC(=O)C(=O)Nc3cc(C)ccc3C)c12. The largest absolute Gasteiger partial charge is 0.494 e. The molecule has 0 spiro atoms. The maximum absolute atomic E-state index is 13.2. The molecular weight excluding hydrogens is 503 g/mol. The number of halogens is 2. The van der Waals surface area contributed by atoms with E-state index >= 15 is 0 Å². The van der Waals surface area contributed by atoms with Crippen molar-refractivity contribution in [1.29, 1.82) is 0 Å². The number of carbonyl (C=O) groups excluding carboxylic acids is 3. The first-order valence-corrected chi connectivity index (χ1v) is 11.6. The van der Waals surface area contributed by atoms with Crippen molar-refractivity contribution in [2.24, 2.45) is 0 Å². The van der Waals surface area contributed by atoms with Crippen molar-refractivity contribution >= 4 is 63.2 Å². The van der Waals surface area contributed by atoms with Crippen LogP contribution in [-0.4, -0.2) is 29.5 Å². The monoisotopic (exact) mass is 524 g/mol. The van der Waals surface area contributed by atoms with Crippen molar-refractivity contribution in [3.8, 4) is 5.75 Å². The molecule has 0 saturated carbocycles. The number of nitrogens with one attached hydrogen (secondary N) is 3. The summed E-state index contributed by atoms with van der Waals surface area (Å²) in [5.41, 5.74) is 5.55. The zero-order chi connectivity index (χ0) is 26.0. The molecule has 184 valence electrons. The number of benzene rings is 3. The van der Waals surface area contributed by atoms with E-state index in [-0.39, 0.29) is 10.7 Å². The molecule has 3 aromatic carbocycles. The van der Waals surface area contributed by atoms with Crippen molar-refractivity contribution in [3.63, 3.8) is 0 Å². The highest BCUT2D eigenvalue weighted by molar-refractivity contribution is 6.42. The molecule has 1 aromatic heterocycles. The lowest BCUT2D eigenvalue weighted by molar-refractivity contribution is -0.133. The molecule has 4 rings (SSSR count). The molecule has 0 saturated heterocycles. The van der Waals surface area contributed by atoms with Gasteiger partial charge in [-0.3, -0.25) is 19.8 Å². The van der Waals surface area contributed by atoms with E-state index < -0.39 is 17.7 Å². The number of hydrogen-bond acceptors (Lipinski definition) is 4. The smallest absolute Gasteiger partial charge is 0.328 e. The van der Waals surface area contributed by atoms with Gasteiger partial charge < -0.3 is 15.4 Å². The van der Waals surface area contributed by atoms with Crippen molar-refractivity contribution in [2.75, 3.05) is 23.2 Å². The van der Waals surface area contributed by atoms with Crippen LogP contribution in [0.5, 0.6) is 5.75 Å². The maximum Gasteiger partial charge on any atom is 0.328 e. The lowest BCUT2D eigenvalue weighted by atomic mass is 10.1. The fourth-order valence-corrected chi connectivity index (χ4v) is 4.11. The fourth-order valence-electron chi connectivity index (χ4n) is 3.65. The minimum atomic E-state index is -0.974. The van der Waals surface area contributed by atoms with Crippen molar-refractivity contribution < 1.29 is 19.1 Å². The van der Waals surface area contributed by atoms with Crippen LogP contribution in [0.2, 0.25) is 10.0 Å². The molecule has 3 amide bonds. The number of para-hydroxylation sites is 1. The third-order valence-corrected chi connectivity index (χ3v) is 6.03. The second-order valence-corrected chi connectivity index (χ2v) is 8.90. The number of fused-ring (bicyclic) bond motifs is 1. The van der Waals surface area contributed by atoms with E-state index in [1.165, 1.54) is 17.9 Å². The van der Waals surface area contributed by atoms with Gasteiger partial charge in [0.2, 0.25) is 0 Å². The Hall–Kier alpha value is -4.01. The summed E-state index contributed by atoms with van der Waals surface area (Å²) in [7, 11) is 1.47. The summed E-state index contributed by atoms with van der Waals surface area (Å²) >= 11 is 12.2. The Morgan fingerprint density at radius 2 is 1.64 bits per heavy atom. The number of ether oxygens (including phenoxy) is 1. The molecule has 0 bridgehead atoms. The number of hydrogen-bond donors (Lipinski definition) is 3. The van der Waals surface area contributed by atoms with Crippen molar-refractivity contribution in [3.05, 3.63) is 87.5 Å². The van der Waals surface area contributed by atoms with Crippen LogP contribution < -0.4 is 20.8 Å². The van der Waals surface area contributed by atoms with Crippen LogP contribution in [0.4, 0.5) is 11.4 Å². The predicted molar refractivity (Wildman–Crippen MR) is 142 cm³/mol. The predicted octanol–water partition coefficient (Wildman–Crippen LogP) is 5.53. The first-order valence-electron chi connectivity index (χ1n) is 10.8. The standard InChI is InChI=1S/C26H22Cl2N4O4/c1-14-7-8-15(2)20(11-14)30-25(34)26(35)31-32-21(12-16-5-4-6-22(36-3)23(16)32)24(33)29-19-10-9-17(27)13-18(19)28/h4-13H,1-3H3,(H,29,33)(H,30,34)(H,31,35). The third-order valence-electron chi connectivity index (χ3n) is 5.48. The molecule has 0 aliphatic rings. The number of amides is 3. The van der Waals surface area contributed by atoms with Crippen LogP contribution in [0.25, 0.3) is 10.9 Å². The van der Waals surface area contributed by atoms with Crippen LogP contribution in [0, 0.1) is 13.8 Å². The second kappa shape index (κ2) is 10.3. The number of anilines is 2. The average molecular weight is 525 g/mol. The molecule has 3 N–H and O–H groups in total. The molecule has 10 heteroatoms. The molecule has 8 nitrogen and oxygen atoms in total. The Labute approximate surface area is 217 Å². The van der Waals surface area contributed by atoms with Crippen LogP contribution in [-0.2, 0) is 9.59 Å². The Morgan fingerprint density at radius 3 is 2.36 bits per heavy atom. The van der Waals surface area contributed by atoms with E-state index in [9.17, 15) is 14.4 Å². The van der Waals surface area contributed by atoms with Crippen LogP contribution in [0.1, 0.15) is 21.6 Å². The number of methoxy groups -OCH3 is 1. The second-order valence-electron chi connectivity index (χ2n) is 8.05. The van der Waals surface area contributed by atoms with Gasteiger partial charge in [-0.15, -0.1) is 0 Å². The van der Waals surface area contributed by atoms with Gasteiger partial charge in [-0.25, -0.2) is 4.68 Å². The van der Waals surface area contributed by atoms with E-state index in [1.54, 1.807) is 42.5 Å². The minimum Gasteiger partial charge on any atom is -0.494 e. The summed E-state index contributed by atoms with van der Waals surface area (Å²) < 4.78 is 6.66. The first-order chi connectivity index (χ1) is 17.2. The van der Waals surface area contributed by atoms with Gasteiger partial charge in [-0.05, 0) is 61.4 Å². The van der Waals surface area contributed by atoms with Crippen molar-refractivity contribution in [2.45, 2.75) is 13.8 Å². The maximum atomic E-state index is 13.2. The molecule has 0 aliphatic carbocycles. The van der Waals surface area contributed by atoms with E-state index in [0.29, 0.717) is 33.0 Å². The van der Waals surface area contributed by atoms with E-state index in [4.69, 9.17) is 27.9 Å². The van der Waals surface area contributed by atoms with E-state index in [1.807, 2.05) is 26.0 Å². The summed E-state index contributed by atoms with van der Waals surface area (Å²) in [6.45, 7) is 3.70. The van der Waals surface area contributed by atoms with Gasteiger partial charge in [0.15, 0.2) is 0 Å². The zero-order valence-corrected chi connectivity index (χ0v) is 21.1. The Balaban J connectivity index is 1.69. The molecule has 0 fully saturated rings. The molecule has 0 aliphatic heterocycles. The summed E-state index contributed by atoms with van der Waals surface area (Å²) in [5, 5.41) is 6.59. The van der Waals surface area contributed by atoms with E-state index in [0.717, 1.165) is 11.1 Å². The summed E-state index contributed by atoms with van der Waals surface area (Å²) in [4.78, 5) is 38.9. The number of nitrogens with zero attached hydrogens (tertiary/aromatic N) is 1. The van der Waals surface area contributed by atoms with E-state index in [2.05, 4.69) is 16.1 Å². The summed E-state index contributed by atoms with van der Waals surface area (Å²) in [6.07, 6.45) is 0. The normalized spacial score (nSPS) is 10.7. The van der Waals surface area contributed by atoms with Crippen LogP contribution in [0.15, 0.2) is 60.7 Å².